The van der Waals surface area contributed by atoms with Gasteiger partial charge in [0.2, 0.25) is 5.82 Å². The summed E-state index contributed by atoms with van der Waals surface area (Å²) in [5.74, 6) is 1.24. The van der Waals surface area contributed by atoms with Gasteiger partial charge in [-0.15, -0.1) is 10.2 Å². The highest BCUT2D eigenvalue weighted by atomic mass is 16.5. The quantitative estimate of drug-likeness (QED) is 0.283. The number of rotatable bonds is 10. The monoisotopic (exact) mass is 544 g/mol. The minimum Gasteiger partial charge on any atom is -0.383 e. The van der Waals surface area contributed by atoms with E-state index in [4.69, 9.17) is 14.5 Å². The molecular formula is C28H32N8O4. The van der Waals surface area contributed by atoms with Crippen LogP contribution in [0.5, 0.6) is 0 Å². The summed E-state index contributed by atoms with van der Waals surface area (Å²) in [6, 6.07) is 16.0. The van der Waals surface area contributed by atoms with Crippen LogP contribution in [-0.2, 0) is 22.6 Å². The molecule has 12 heteroatoms. The van der Waals surface area contributed by atoms with Crippen LogP contribution in [0.3, 0.4) is 0 Å². The zero-order valence-electron chi connectivity index (χ0n) is 23.2. The fourth-order valence-corrected chi connectivity index (χ4v) is 4.87. The van der Waals surface area contributed by atoms with Crippen LogP contribution >= 0.6 is 0 Å². The first-order valence-corrected chi connectivity index (χ1v) is 13.0. The van der Waals surface area contributed by atoms with Gasteiger partial charge in [0, 0.05) is 32.2 Å². The standard InChI is InChI=1S/C28H32N8O4/c1-17(2)25-29-26-23(27(37)36(18(3)40-5)28(38)34(26)14-15-39-4)35(25)16-19-10-12-20(13-11-19)21-8-6-7-9-22(21)24-30-32-33-31-24/h6-13,17-18H,14-16H2,1-5H3,(H,30,31,32,33). The predicted octanol–water partition coefficient (Wildman–Crippen LogP) is 3.19. The summed E-state index contributed by atoms with van der Waals surface area (Å²) in [5, 5.41) is 14.5. The molecule has 0 radical (unpaired) electrons. The van der Waals surface area contributed by atoms with E-state index in [-0.39, 0.29) is 12.5 Å². The number of aromatic amines is 1. The summed E-state index contributed by atoms with van der Waals surface area (Å²) in [5.41, 5.74) is 3.60. The van der Waals surface area contributed by atoms with Gasteiger partial charge in [0.05, 0.1) is 13.2 Å². The molecular weight excluding hydrogens is 512 g/mol. The summed E-state index contributed by atoms with van der Waals surface area (Å²) in [6.07, 6.45) is -0.748. The Hall–Kier alpha value is -4.42. The average molecular weight is 545 g/mol. The van der Waals surface area contributed by atoms with Crippen LogP contribution in [0.25, 0.3) is 33.7 Å². The Morgan fingerprint density at radius 2 is 1.68 bits per heavy atom. The number of methoxy groups -OCH3 is 2. The molecule has 208 valence electrons. The molecule has 0 fully saturated rings. The Kier molecular flexibility index (Phi) is 7.71. The van der Waals surface area contributed by atoms with E-state index in [2.05, 4.69) is 20.6 Å². The number of H-pyrrole nitrogens is 1. The molecule has 0 saturated carbocycles. The molecule has 1 N–H and O–H groups in total. The minimum atomic E-state index is -0.748. The van der Waals surface area contributed by atoms with Crippen molar-refractivity contribution in [1.29, 1.82) is 0 Å². The van der Waals surface area contributed by atoms with Gasteiger partial charge in [-0.1, -0.05) is 62.4 Å². The van der Waals surface area contributed by atoms with Crippen molar-refractivity contribution < 1.29 is 9.47 Å². The van der Waals surface area contributed by atoms with Crippen LogP contribution in [0.4, 0.5) is 0 Å². The van der Waals surface area contributed by atoms with Crippen LogP contribution < -0.4 is 11.2 Å². The van der Waals surface area contributed by atoms with E-state index in [9.17, 15) is 9.59 Å². The fraction of sp³-hybridized carbons (Fsp3) is 0.357. The lowest BCUT2D eigenvalue weighted by atomic mass is 9.98. The van der Waals surface area contributed by atoms with Crippen LogP contribution in [-0.4, -0.2) is 60.1 Å². The number of nitrogens with zero attached hydrogens (tertiary/aromatic N) is 7. The van der Waals surface area contributed by atoms with Gasteiger partial charge in [0.25, 0.3) is 5.56 Å². The number of imidazole rings is 1. The second-order valence-corrected chi connectivity index (χ2v) is 9.80. The Bertz CT molecular complexity index is 1730. The zero-order valence-corrected chi connectivity index (χ0v) is 23.2. The third-order valence-electron chi connectivity index (χ3n) is 6.95. The van der Waals surface area contributed by atoms with Gasteiger partial charge in [-0.2, -0.15) is 5.21 Å². The van der Waals surface area contributed by atoms with Gasteiger partial charge in [-0.25, -0.2) is 14.3 Å². The van der Waals surface area contributed by atoms with E-state index < -0.39 is 17.5 Å². The molecule has 40 heavy (non-hydrogen) atoms. The fourth-order valence-electron chi connectivity index (χ4n) is 4.87. The van der Waals surface area contributed by atoms with E-state index in [1.54, 1.807) is 14.0 Å². The largest absolute Gasteiger partial charge is 0.383 e. The summed E-state index contributed by atoms with van der Waals surface area (Å²) >= 11 is 0. The molecule has 1 atom stereocenters. The van der Waals surface area contributed by atoms with Gasteiger partial charge in [0.1, 0.15) is 12.1 Å². The lowest BCUT2D eigenvalue weighted by Gasteiger charge is -2.17. The summed E-state index contributed by atoms with van der Waals surface area (Å²) in [4.78, 5) is 31.9. The number of ether oxygens (including phenoxy) is 2. The maximum atomic E-state index is 13.8. The lowest BCUT2D eigenvalue weighted by molar-refractivity contribution is 0.0526. The molecule has 0 aliphatic heterocycles. The number of fused-ring (bicyclic) bond motifs is 1. The third-order valence-corrected chi connectivity index (χ3v) is 6.95. The van der Waals surface area contributed by atoms with Gasteiger partial charge < -0.3 is 14.0 Å². The molecule has 0 spiro atoms. The predicted molar refractivity (Wildman–Crippen MR) is 150 cm³/mol. The summed E-state index contributed by atoms with van der Waals surface area (Å²) in [7, 11) is 3.04. The SMILES string of the molecule is COCCn1c(=O)n(C(C)OC)c(=O)c2c1nc(C(C)C)n2Cc1ccc(-c2ccccc2-c2nn[nH]n2)cc1. The van der Waals surface area contributed by atoms with Crippen LogP contribution in [0, 0.1) is 0 Å². The highest BCUT2D eigenvalue weighted by Crippen LogP contribution is 2.30. The van der Waals surface area contributed by atoms with Crippen LogP contribution in [0.15, 0.2) is 58.1 Å². The summed E-state index contributed by atoms with van der Waals surface area (Å²) < 4.78 is 15.2. The smallest absolute Gasteiger partial charge is 0.334 e. The van der Waals surface area contributed by atoms with E-state index in [1.807, 2.05) is 66.9 Å². The molecule has 0 aliphatic rings. The molecule has 3 heterocycles. The van der Waals surface area contributed by atoms with Crippen molar-refractivity contribution in [3.8, 4) is 22.5 Å². The average Bonchev–Trinajstić information content (AvgIpc) is 3.62. The first kappa shape index (κ1) is 27.2. The highest BCUT2D eigenvalue weighted by Gasteiger charge is 2.25. The van der Waals surface area contributed by atoms with Crippen molar-refractivity contribution in [3.05, 3.63) is 80.8 Å². The molecule has 1 unspecified atom stereocenters. The van der Waals surface area contributed by atoms with Crippen LogP contribution in [0.1, 0.15) is 44.3 Å². The van der Waals surface area contributed by atoms with E-state index in [1.165, 1.54) is 11.7 Å². The molecule has 5 aromatic rings. The third kappa shape index (κ3) is 4.87. The maximum absolute atomic E-state index is 13.8. The number of aromatic nitrogens is 8. The minimum absolute atomic E-state index is 0.00665. The van der Waals surface area contributed by atoms with Crippen LogP contribution in [0.2, 0.25) is 0 Å². The topological polar surface area (TPSA) is 135 Å². The van der Waals surface area contributed by atoms with E-state index in [0.29, 0.717) is 36.0 Å². The van der Waals surface area contributed by atoms with Crippen molar-refractivity contribution in [3.63, 3.8) is 0 Å². The zero-order chi connectivity index (χ0) is 28.4. The molecule has 5 rings (SSSR count). The maximum Gasteiger partial charge on any atom is 0.334 e. The van der Waals surface area contributed by atoms with Crippen molar-refractivity contribution in [2.75, 3.05) is 20.8 Å². The number of benzene rings is 2. The van der Waals surface area contributed by atoms with Gasteiger partial charge >= 0.3 is 5.69 Å². The molecule has 12 nitrogen and oxygen atoms in total. The second-order valence-electron chi connectivity index (χ2n) is 9.80. The highest BCUT2D eigenvalue weighted by molar-refractivity contribution is 5.80. The van der Waals surface area contributed by atoms with Gasteiger partial charge in [-0.05, 0) is 28.8 Å². The Morgan fingerprint density at radius 3 is 2.30 bits per heavy atom. The van der Waals surface area contributed by atoms with Gasteiger partial charge in [0.15, 0.2) is 11.2 Å². The lowest BCUT2D eigenvalue weighted by Crippen LogP contribution is -2.43. The number of hydrogen-bond acceptors (Lipinski definition) is 8. The Morgan fingerprint density at radius 1 is 0.950 bits per heavy atom. The molecule has 2 aromatic carbocycles. The second kappa shape index (κ2) is 11.4. The van der Waals surface area contributed by atoms with Crippen molar-refractivity contribution in [2.24, 2.45) is 0 Å². The molecule has 0 bridgehead atoms. The van der Waals surface area contributed by atoms with E-state index in [0.717, 1.165) is 26.8 Å². The molecule has 3 aromatic heterocycles. The normalized spacial score (nSPS) is 12.4. The molecule has 0 saturated heterocycles. The first-order valence-electron chi connectivity index (χ1n) is 13.0. The Balaban J connectivity index is 1.62. The first-order chi connectivity index (χ1) is 19.3. The number of hydrogen-bond donors (Lipinski definition) is 1. The number of nitrogens with one attached hydrogen (secondary N) is 1. The van der Waals surface area contributed by atoms with Gasteiger partial charge in [-0.3, -0.25) is 9.36 Å². The molecule has 0 aliphatic carbocycles. The summed E-state index contributed by atoms with van der Waals surface area (Å²) in [6.45, 7) is 6.66. The molecule has 0 amide bonds. The van der Waals surface area contributed by atoms with E-state index >= 15 is 0 Å². The van der Waals surface area contributed by atoms with Crippen molar-refractivity contribution in [1.82, 2.24) is 39.3 Å². The van der Waals surface area contributed by atoms with Crippen molar-refractivity contribution >= 4 is 11.2 Å². The van der Waals surface area contributed by atoms with Crippen molar-refractivity contribution in [2.45, 2.75) is 46.0 Å². The Labute approximate surface area is 230 Å². The number of tetrazole rings is 1.